The van der Waals surface area contributed by atoms with Crippen molar-refractivity contribution in [2.75, 3.05) is 5.32 Å². The largest absolute Gasteiger partial charge is 0.416 e. The Morgan fingerprint density at radius 3 is 2.52 bits per heavy atom. The zero-order valence-electron chi connectivity index (χ0n) is 11.4. The Kier molecular flexibility index (Phi) is 4.37. The SMILES string of the molecule is CCc1nc(Cl)cc(Nc2ccc(C)c(C(F)(F)F)c2)n1. The second-order valence-electron chi connectivity index (χ2n) is 4.50. The van der Waals surface area contributed by atoms with E-state index >= 15 is 0 Å². The van der Waals surface area contributed by atoms with Crippen LogP contribution in [0.1, 0.15) is 23.9 Å². The van der Waals surface area contributed by atoms with Crippen molar-refractivity contribution in [3.63, 3.8) is 0 Å². The van der Waals surface area contributed by atoms with Gasteiger partial charge in [0, 0.05) is 18.2 Å². The molecule has 0 saturated heterocycles. The van der Waals surface area contributed by atoms with Gasteiger partial charge in [0.05, 0.1) is 5.56 Å². The van der Waals surface area contributed by atoms with E-state index in [4.69, 9.17) is 11.6 Å². The van der Waals surface area contributed by atoms with Gasteiger partial charge in [0.1, 0.15) is 16.8 Å². The van der Waals surface area contributed by atoms with Crippen molar-refractivity contribution in [2.45, 2.75) is 26.4 Å². The molecule has 1 heterocycles. The van der Waals surface area contributed by atoms with Gasteiger partial charge in [-0.15, -0.1) is 0 Å². The van der Waals surface area contributed by atoms with Crippen molar-refractivity contribution in [1.29, 1.82) is 0 Å². The van der Waals surface area contributed by atoms with Gasteiger partial charge in [-0.2, -0.15) is 13.2 Å². The molecule has 21 heavy (non-hydrogen) atoms. The van der Waals surface area contributed by atoms with Crippen molar-refractivity contribution in [1.82, 2.24) is 9.97 Å². The number of aryl methyl sites for hydroxylation is 2. The van der Waals surface area contributed by atoms with Crippen LogP contribution in [-0.4, -0.2) is 9.97 Å². The number of hydrogen-bond acceptors (Lipinski definition) is 3. The van der Waals surface area contributed by atoms with E-state index in [1.54, 1.807) is 6.07 Å². The lowest BCUT2D eigenvalue weighted by Gasteiger charge is -2.13. The third kappa shape index (κ3) is 3.85. The molecule has 1 N–H and O–H groups in total. The van der Waals surface area contributed by atoms with Gasteiger partial charge < -0.3 is 5.32 Å². The Labute approximate surface area is 125 Å². The molecule has 1 aromatic carbocycles. The fourth-order valence-electron chi connectivity index (χ4n) is 1.84. The van der Waals surface area contributed by atoms with Crippen LogP contribution in [0.5, 0.6) is 0 Å². The maximum absolute atomic E-state index is 12.9. The summed E-state index contributed by atoms with van der Waals surface area (Å²) in [5.74, 6) is 0.886. The van der Waals surface area contributed by atoms with Crippen LogP contribution < -0.4 is 5.32 Å². The quantitative estimate of drug-likeness (QED) is 0.830. The summed E-state index contributed by atoms with van der Waals surface area (Å²) in [6.07, 6.45) is -3.81. The fraction of sp³-hybridized carbons (Fsp3) is 0.286. The van der Waals surface area contributed by atoms with E-state index in [9.17, 15) is 13.2 Å². The standard InChI is InChI=1S/C14H13ClF3N3/c1-3-12-20-11(15)7-13(21-12)19-9-5-4-8(2)10(6-9)14(16,17)18/h4-7H,3H2,1-2H3,(H,19,20,21). The second kappa shape index (κ2) is 5.89. The highest BCUT2D eigenvalue weighted by atomic mass is 35.5. The number of hydrogen-bond donors (Lipinski definition) is 1. The van der Waals surface area contributed by atoms with Crippen LogP contribution in [0.2, 0.25) is 5.15 Å². The molecule has 2 rings (SSSR count). The summed E-state index contributed by atoms with van der Waals surface area (Å²) in [5, 5.41) is 3.07. The van der Waals surface area contributed by atoms with Gasteiger partial charge in [-0.05, 0) is 24.6 Å². The summed E-state index contributed by atoms with van der Waals surface area (Å²) >= 11 is 5.85. The Bertz CT molecular complexity index is 656. The molecule has 0 bridgehead atoms. The van der Waals surface area contributed by atoms with Crippen molar-refractivity contribution in [3.8, 4) is 0 Å². The molecule has 0 aliphatic rings. The minimum absolute atomic E-state index is 0.169. The van der Waals surface area contributed by atoms with E-state index in [1.165, 1.54) is 19.1 Å². The molecule has 0 spiro atoms. The molecule has 0 amide bonds. The van der Waals surface area contributed by atoms with Gasteiger partial charge >= 0.3 is 6.18 Å². The zero-order chi connectivity index (χ0) is 15.6. The molecule has 0 aliphatic heterocycles. The van der Waals surface area contributed by atoms with Gasteiger partial charge in [-0.3, -0.25) is 0 Å². The van der Waals surface area contributed by atoms with Crippen LogP contribution in [0.25, 0.3) is 0 Å². The van der Waals surface area contributed by atoms with Crippen LogP contribution in [0.4, 0.5) is 24.7 Å². The van der Waals surface area contributed by atoms with E-state index in [2.05, 4.69) is 15.3 Å². The van der Waals surface area contributed by atoms with E-state index in [1.807, 2.05) is 6.92 Å². The lowest BCUT2D eigenvalue weighted by molar-refractivity contribution is -0.138. The molecule has 0 atom stereocenters. The molecule has 7 heteroatoms. The summed E-state index contributed by atoms with van der Waals surface area (Å²) < 4.78 is 38.6. The Hall–Kier alpha value is -1.82. The number of rotatable bonds is 3. The summed E-state index contributed by atoms with van der Waals surface area (Å²) in [5.41, 5.74) is -0.212. The number of nitrogens with zero attached hydrogens (tertiary/aromatic N) is 2. The van der Waals surface area contributed by atoms with Crippen LogP contribution in [0.3, 0.4) is 0 Å². The molecule has 2 aromatic rings. The van der Waals surface area contributed by atoms with Gasteiger partial charge in [0.2, 0.25) is 0 Å². The summed E-state index contributed by atoms with van der Waals surface area (Å²) in [7, 11) is 0. The maximum Gasteiger partial charge on any atom is 0.416 e. The van der Waals surface area contributed by atoms with Gasteiger partial charge in [0.15, 0.2) is 0 Å². The average molecular weight is 316 g/mol. The minimum Gasteiger partial charge on any atom is -0.340 e. The van der Waals surface area contributed by atoms with Gasteiger partial charge in [0.25, 0.3) is 0 Å². The Morgan fingerprint density at radius 1 is 1.19 bits per heavy atom. The Balaban J connectivity index is 2.34. The molecular formula is C14H13ClF3N3. The lowest BCUT2D eigenvalue weighted by atomic mass is 10.1. The highest BCUT2D eigenvalue weighted by molar-refractivity contribution is 6.29. The molecule has 0 fully saturated rings. The van der Waals surface area contributed by atoms with E-state index in [0.29, 0.717) is 23.8 Å². The summed E-state index contributed by atoms with van der Waals surface area (Å²) in [6.45, 7) is 3.28. The molecule has 112 valence electrons. The average Bonchev–Trinajstić information content (AvgIpc) is 2.39. The molecule has 3 nitrogen and oxygen atoms in total. The third-order valence-corrected chi connectivity index (χ3v) is 3.07. The van der Waals surface area contributed by atoms with E-state index < -0.39 is 11.7 Å². The third-order valence-electron chi connectivity index (χ3n) is 2.87. The van der Waals surface area contributed by atoms with Gasteiger partial charge in [-0.1, -0.05) is 24.6 Å². The molecule has 0 saturated carbocycles. The molecular weight excluding hydrogens is 303 g/mol. The minimum atomic E-state index is -4.39. The number of alkyl halides is 3. The smallest absolute Gasteiger partial charge is 0.340 e. The van der Waals surface area contributed by atoms with Crippen LogP contribution in [0, 0.1) is 6.92 Å². The zero-order valence-corrected chi connectivity index (χ0v) is 12.2. The predicted octanol–water partition coefficient (Wildman–Crippen LogP) is 4.76. The highest BCUT2D eigenvalue weighted by Crippen LogP contribution is 2.34. The molecule has 1 aromatic heterocycles. The fourth-order valence-corrected chi connectivity index (χ4v) is 2.04. The van der Waals surface area contributed by atoms with Crippen molar-refractivity contribution >= 4 is 23.1 Å². The van der Waals surface area contributed by atoms with Crippen molar-refractivity contribution in [3.05, 3.63) is 46.4 Å². The number of anilines is 2. The Morgan fingerprint density at radius 2 is 1.90 bits per heavy atom. The topological polar surface area (TPSA) is 37.8 Å². The molecule has 0 unspecified atom stereocenters. The monoisotopic (exact) mass is 315 g/mol. The number of benzene rings is 1. The van der Waals surface area contributed by atoms with Gasteiger partial charge in [-0.25, -0.2) is 9.97 Å². The number of halogens is 4. The van der Waals surface area contributed by atoms with Crippen molar-refractivity contribution < 1.29 is 13.2 Å². The first-order chi connectivity index (χ1) is 9.79. The maximum atomic E-state index is 12.9. The lowest BCUT2D eigenvalue weighted by Crippen LogP contribution is -2.08. The summed E-state index contributed by atoms with van der Waals surface area (Å²) in [4.78, 5) is 8.17. The van der Waals surface area contributed by atoms with E-state index in [-0.39, 0.29) is 10.7 Å². The predicted molar refractivity (Wildman–Crippen MR) is 75.9 cm³/mol. The number of aromatic nitrogens is 2. The van der Waals surface area contributed by atoms with Crippen molar-refractivity contribution in [2.24, 2.45) is 0 Å². The van der Waals surface area contributed by atoms with Crippen LogP contribution in [0.15, 0.2) is 24.3 Å². The first-order valence-electron chi connectivity index (χ1n) is 6.28. The highest BCUT2D eigenvalue weighted by Gasteiger charge is 2.32. The van der Waals surface area contributed by atoms with Crippen LogP contribution >= 0.6 is 11.6 Å². The summed E-state index contributed by atoms with van der Waals surface area (Å²) in [6, 6.07) is 5.49. The molecule has 0 aliphatic carbocycles. The first kappa shape index (κ1) is 15.6. The second-order valence-corrected chi connectivity index (χ2v) is 4.89. The van der Waals surface area contributed by atoms with Crippen LogP contribution in [-0.2, 0) is 12.6 Å². The normalized spacial score (nSPS) is 11.5. The molecule has 0 radical (unpaired) electrons. The first-order valence-corrected chi connectivity index (χ1v) is 6.65. The number of nitrogens with one attached hydrogen (secondary N) is 1. The van der Waals surface area contributed by atoms with E-state index in [0.717, 1.165) is 6.07 Å².